The predicted octanol–water partition coefficient (Wildman–Crippen LogP) is 9.15. The monoisotopic (exact) mass is 1110 g/mol. The fraction of sp³-hybridized carbons (Fsp3) is 0.0980. The van der Waals surface area contributed by atoms with Gasteiger partial charge in [0.05, 0.1) is 25.1 Å². The van der Waals surface area contributed by atoms with E-state index >= 15 is 0 Å². The highest BCUT2D eigenvalue weighted by molar-refractivity contribution is 7.93. The number of hydrogen-bond acceptors (Lipinski definition) is 16. The van der Waals surface area contributed by atoms with Crippen LogP contribution in [0.3, 0.4) is 0 Å². The van der Waals surface area contributed by atoms with Crippen LogP contribution in [0.25, 0.3) is 23.1 Å². The molecule has 0 bridgehead atoms. The van der Waals surface area contributed by atoms with E-state index in [0.29, 0.717) is 62.0 Å². The summed E-state index contributed by atoms with van der Waals surface area (Å²) in [6.45, 7) is 5.60. The minimum atomic E-state index is -3.96. The number of carbonyl (C=O) groups excluding carboxylic acids is 4. The van der Waals surface area contributed by atoms with Gasteiger partial charge in [-0.15, -0.1) is 45.3 Å². The largest absolute Gasteiger partial charge is 0.317 e. The summed E-state index contributed by atoms with van der Waals surface area (Å²) in [6, 6.07) is 28.4. The highest BCUT2D eigenvalue weighted by Crippen LogP contribution is 2.32. The third kappa shape index (κ3) is 12.3. The summed E-state index contributed by atoms with van der Waals surface area (Å²) in [5.74, 6) is -1.62. The second kappa shape index (κ2) is 22.2. The van der Waals surface area contributed by atoms with Gasteiger partial charge in [-0.1, -0.05) is 24.3 Å². The SMILES string of the molecule is Cc1cc(C)nc(NS(=O)(=O)c2ccc3c(c2)CCN3C(=O)/C(=C\c2cccs2)NC(=O)c2cccs2)n1.Cc1ccnc(NS(=O)(=O)c2ccc3c(ccn3C(=O)/C(=C\c3cccs3)NC(=O)c3cccs3)c2)n1. The van der Waals surface area contributed by atoms with Crippen molar-refractivity contribution in [3.8, 4) is 0 Å². The molecule has 2 aromatic carbocycles. The van der Waals surface area contributed by atoms with Gasteiger partial charge in [-0.3, -0.25) is 23.7 Å². The van der Waals surface area contributed by atoms with Crippen molar-refractivity contribution in [2.75, 3.05) is 20.9 Å². The van der Waals surface area contributed by atoms with Crippen LogP contribution in [-0.4, -0.2) is 71.5 Å². The third-order valence-electron chi connectivity index (χ3n) is 11.0. The molecule has 4 N–H and O–H groups in total. The molecule has 7 aromatic heterocycles. The van der Waals surface area contributed by atoms with Gasteiger partial charge in [-0.25, -0.2) is 46.2 Å². The number of anilines is 3. The van der Waals surface area contributed by atoms with E-state index < -0.39 is 26.0 Å². The summed E-state index contributed by atoms with van der Waals surface area (Å²) in [7, 11) is -7.90. The Labute approximate surface area is 446 Å². The average molecular weight is 1120 g/mol. The summed E-state index contributed by atoms with van der Waals surface area (Å²) >= 11 is 5.44. The number of fused-ring (bicyclic) bond motifs is 2. The van der Waals surface area contributed by atoms with Crippen molar-refractivity contribution in [1.29, 1.82) is 0 Å². The lowest BCUT2D eigenvalue weighted by molar-refractivity contribution is -0.115. The molecular weight excluding hydrogens is 1070 g/mol. The second-order valence-electron chi connectivity index (χ2n) is 16.4. The molecule has 8 heterocycles. The molecule has 1 aliphatic rings. The van der Waals surface area contributed by atoms with Crippen LogP contribution in [0.4, 0.5) is 17.6 Å². The topological polar surface area (TPSA) is 244 Å². The van der Waals surface area contributed by atoms with Crippen LogP contribution in [0, 0.1) is 20.8 Å². The molecule has 9 aromatic rings. The first-order chi connectivity index (χ1) is 36.0. The Hall–Kier alpha value is -8.00. The Bertz CT molecular complexity index is 3870. The summed E-state index contributed by atoms with van der Waals surface area (Å²) in [4.78, 5) is 73.2. The number of aromatic nitrogens is 5. The van der Waals surface area contributed by atoms with Crippen molar-refractivity contribution in [3.05, 3.63) is 191 Å². The Morgan fingerprint density at radius 2 is 1.13 bits per heavy atom. The highest BCUT2D eigenvalue weighted by Gasteiger charge is 2.30. The van der Waals surface area contributed by atoms with Crippen molar-refractivity contribution in [2.45, 2.75) is 37.0 Å². The van der Waals surface area contributed by atoms with E-state index in [2.05, 4.69) is 40.0 Å². The number of thiophene rings is 4. The Morgan fingerprint density at radius 3 is 1.71 bits per heavy atom. The third-order valence-corrected chi connectivity index (χ3v) is 17.1. The molecule has 18 nitrogen and oxygen atoms in total. The van der Waals surface area contributed by atoms with Crippen LogP contribution in [0.1, 0.15) is 56.5 Å². The Morgan fingerprint density at radius 1 is 0.587 bits per heavy atom. The molecule has 0 saturated carbocycles. The maximum absolute atomic E-state index is 13.6. The minimum absolute atomic E-state index is 0.00402. The lowest BCUT2D eigenvalue weighted by Crippen LogP contribution is -2.37. The standard InChI is InChI=1S/C26H23N5O4S3.C25H19N5O4S3/c1-16-13-17(2)28-26(27-16)30-38(34,35)20-7-8-22-18(14-20)9-10-31(22)25(33)21(15-19-5-3-11-36-19)29-24(32)23-6-4-12-37-23;1-16-8-10-26-25(27-16)29-37(33,34)19-6-7-21-17(14-19)9-11-30(21)24(32)20(15-18-4-2-12-35-18)28-23(31)22-5-3-13-36-22/h3-8,11-15H,9-10H2,1-2H3,(H,29,32)(H,27,28,30);2-15H,1H3,(H,28,31)(H,26,27,29)/b21-15+;20-15+. The van der Waals surface area contributed by atoms with Crippen LogP contribution >= 0.6 is 45.3 Å². The molecule has 0 fully saturated rings. The smallest absolute Gasteiger partial charge is 0.278 e. The van der Waals surface area contributed by atoms with Crippen molar-refractivity contribution < 1.29 is 36.0 Å². The quantitative estimate of drug-likeness (QED) is 0.0745. The average Bonchev–Trinajstić information content (AvgIpc) is 4.24. The molecule has 3 amide bonds. The first-order valence-corrected chi connectivity index (χ1v) is 29.0. The number of sulfonamides is 2. The van der Waals surface area contributed by atoms with E-state index in [1.165, 1.54) is 74.3 Å². The minimum Gasteiger partial charge on any atom is -0.317 e. The number of amides is 3. The number of nitrogens with one attached hydrogen (secondary N) is 4. The number of benzene rings is 2. The molecule has 0 aliphatic carbocycles. The van der Waals surface area contributed by atoms with Gasteiger partial charge in [-0.2, -0.15) is 0 Å². The molecule has 0 saturated heterocycles. The van der Waals surface area contributed by atoms with Crippen LogP contribution < -0.4 is 25.0 Å². The van der Waals surface area contributed by atoms with Gasteiger partial charge in [0, 0.05) is 56.8 Å². The summed E-state index contributed by atoms with van der Waals surface area (Å²) in [5.41, 5.74) is 3.94. The van der Waals surface area contributed by atoms with Crippen LogP contribution in [0.5, 0.6) is 0 Å². The van der Waals surface area contributed by atoms with E-state index in [9.17, 15) is 36.0 Å². The summed E-state index contributed by atoms with van der Waals surface area (Å²) in [5, 5.41) is 13.4. The number of allylic oxidation sites excluding steroid dienone is 1. The number of rotatable bonds is 14. The van der Waals surface area contributed by atoms with Crippen molar-refractivity contribution >= 4 is 130 Å². The summed E-state index contributed by atoms with van der Waals surface area (Å²) in [6.07, 6.45) is 6.75. The highest BCUT2D eigenvalue weighted by atomic mass is 32.2. The number of nitrogens with zero attached hydrogens (tertiary/aromatic N) is 6. The van der Waals surface area contributed by atoms with E-state index in [4.69, 9.17) is 0 Å². The van der Waals surface area contributed by atoms with Gasteiger partial charge in [0.15, 0.2) is 0 Å². The Kier molecular flexibility index (Phi) is 15.4. The van der Waals surface area contributed by atoms with Crippen LogP contribution in [0.2, 0.25) is 0 Å². The molecular formula is C51H42N10O8S6. The zero-order valence-electron chi connectivity index (χ0n) is 39.7. The van der Waals surface area contributed by atoms with Gasteiger partial charge in [-0.05, 0) is 145 Å². The molecule has 0 radical (unpaired) electrons. The number of aryl methyl sites for hydroxylation is 3. The van der Waals surface area contributed by atoms with Crippen LogP contribution in [0.15, 0.2) is 158 Å². The number of carbonyl (C=O) groups is 4. The van der Waals surface area contributed by atoms with E-state index in [-0.39, 0.29) is 50.8 Å². The molecule has 380 valence electrons. The maximum atomic E-state index is 13.6. The molecule has 1 aliphatic heterocycles. The van der Waals surface area contributed by atoms with Crippen molar-refractivity contribution in [3.63, 3.8) is 0 Å². The first kappa shape index (κ1) is 51.9. The van der Waals surface area contributed by atoms with Gasteiger partial charge in [0.1, 0.15) is 11.4 Å². The number of hydrogen-bond donors (Lipinski definition) is 4. The summed E-state index contributed by atoms with van der Waals surface area (Å²) < 4.78 is 58.0. The Balaban J connectivity index is 0.000000184. The lowest BCUT2D eigenvalue weighted by Gasteiger charge is -2.20. The zero-order chi connectivity index (χ0) is 52.9. The fourth-order valence-electron chi connectivity index (χ4n) is 7.64. The second-order valence-corrected chi connectivity index (χ2v) is 23.6. The molecule has 75 heavy (non-hydrogen) atoms. The lowest BCUT2D eigenvalue weighted by atomic mass is 10.2. The molecule has 10 rings (SSSR count). The first-order valence-electron chi connectivity index (χ1n) is 22.5. The van der Waals surface area contributed by atoms with E-state index in [1.54, 1.807) is 115 Å². The molecule has 24 heteroatoms. The molecule has 0 spiro atoms. The molecule has 0 unspecified atom stereocenters. The zero-order valence-corrected chi connectivity index (χ0v) is 44.6. The normalized spacial score (nSPS) is 12.7. The van der Waals surface area contributed by atoms with Gasteiger partial charge in [0.2, 0.25) is 11.9 Å². The predicted molar refractivity (Wildman–Crippen MR) is 293 cm³/mol. The van der Waals surface area contributed by atoms with Crippen molar-refractivity contribution in [2.24, 2.45) is 0 Å². The van der Waals surface area contributed by atoms with E-state index in [0.717, 1.165) is 9.75 Å². The van der Waals surface area contributed by atoms with Gasteiger partial charge < -0.3 is 15.5 Å². The van der Waals surface area contributed by atoms with E-state index in [1.807, 2.05) is 35.0 Å². The fourth-order valence-corrected chi connectivity index (χ4v) is 12.2. The maximum Gasteiger partial charge on any atom is 0.278 e. The van der Waals surface area contributed by atoms with Gasteiger partial charge >= 0.3 is 0 Å². The van der Waals surface area contributed by atoms with Gasteiger partial charge in [0.25, 0.3) is 43.7 Å². The molecule has 0 atom stereocenters. The van der Waals surface area contributed by atoms with Crippen molar-refractivity contribution in [1.82, 2.24) is 35.1 Å². The van der Waals surface area contributed by atoms with Crippen LogP contribution in [-0.2, 0) is 31.3 Å².